The Morgan fingerprint density at radius 2 is 1.47 bits per heavy atom. The van der Waals surface area contributed by atoms with Gasteiger partial charge in [-0.1, -0.05) is 12.2 Å². The van der Waals surface area contributed by atoms with Crippen molar-refractivity contribution in [2.75, 3.05) is 14.2 Å². The van der Waals surface area contributed by atoms with Crippen LogP contribution in [0.5, 0.6) is 0 Å². The molecular formula is C14H19NO4. The standard InChI is InChI=1S/C14H19NO4/c1-6-7-10-11(13(16)18-4)8(2)15-9(3)12(10)14(17)19-5/h6-7,10,15H,1-5H3. The monoisotopic (exact) mass is 265 g/mol. The summed E-state index contributed by atoms with van der Waals surface area (Å²) in [5.41, 5.74) is 2.21. The molecule has 1 aliphatic rings. The van der Waals surface area contributed by atoms with E-state index < -0.39 is 17.9 Å². The number of methoxy groups -OCH3 is 2. The van der Waals surface area contributed by atoms with Crippen molar-refractivity contribution in [3.8, 4) is 0 Å². The third kappa shape index (κ3) is 2.86. The summed E-state index contributed by atoms with van der Waals surface area (Å²) in [6, 6.07) is 0. The molecule has 0 radical (unpaired) electrons. The predicted molar refractivity (Wildman–Crippen MR) is 70.9 cm³/mol. The fourth-order valence-corrected chi connectivity index (χ4v) is 2.19. The van der Waals surface area contributed by atoms with Crippen LogP contribution in [0.15, 0.2) is 34.7 Å². The van der Waals surface area contributed by atoms with E-state index in [1.165, 1.54) is 14.2 Å². The molecule has 0 saturated heterocycles. The van der Waals surface area contributed by atoms with Gasteiger partial charge in [-0.15, -0.1) is 0 Å². The highest BCUT2D eigenvalue weighted by Gasteiger charge is 2.34. The summed E-state index contributed by atoms with van der Waals surface area (Å²) in [4.78, 5) is 23.8. The maximum atomic E-state index is 11.9. The molecule has 1 heterocycles. The van der Waals surface area contributed by atoms with Gasteiger partial charge in [0.05, 0.1) is 25.4 Å². The highest BCUT2D eigenvalue weighted by molar-refractivity contribution is 5.98. The van der Waals surface area contributed by atoms with E-state index in [2.05, 4.69) is 5.32 Å². The first-order valence-electron chi connectivity index (χ1n) is 5.95. The van der Waals surface area contributed by atoms with E-state index in [-0.39, 0.29) is 0 Å². The SMILES string of the molecule is CC=CC1C(C(=O)OC)=C(C)NC(C)=C1C(=O)OC. The van der Waals surface area contributed by atoms with Crippen LogP contribution in [0.3, 0.4) is 0 Å². The van der Waals surface area contributed by atoms with Crippen molar-refractivity contribution in [3.63, 3.8) is 0 Å². The lowest BCUT2D eigenvalue weighted by molar-refractivity contribution is -0.137. The van der Waals surface area contributed by atoms with Gasteiger partial charge in [-0.3, -0.25) is 0 Å². The van der Waals surface area contributed by atoms with E-state index in [1.807, 2.05) is 6.92 Å². The second-order valence-electron chi connectivity index (χ2n) is 4.19. The molecule has 104 valence electrons. The zero-order valence-electron chi connectivity index (χ0n) is 11.9. The molecule has 0 bridgehead atoms. The fourth-order valence-electron chi connectivity index (χ4n) is 2.19. The molecule has 0 aromatic rings. The molecule has 0 aromatic carbocycles. The highest BCUT2D eigenvalue weighted by atomic mass is 16.5. The molecule has 19 heavy (non-hydrogen) atoms. The largest absolute Gasteiger partial charge is 0.466 e. The molecule has 1 N–H and O–H groups in total. The van der Waals surface area contributed by atoms with Gasteiger partial charge < -0.3 is 14.8 Å². The van der Waals surface area contributed by atoms with Crippen LogP contribution in [-0.4, -0.2) is 26.2 Å². The Bertz CT molecular complexity index is 448. The lowest BCUT2D eigenvalue weighted by atomic mass is 9.85. The lowest BCUT2D eigenvalue weighted by Crippen LogP contribution is -2.32. The smallest absolute Gasteiger partial charge is 0.336 e. The van der Waals surface area contributed by atoms with Crippen LogP contribution >= 0.6 is 0 Å². The van der Waals surface area contributed by atoms with E-state index in [0.29, 0.717) is 22.5 Å². The zero-order chi connectivity index (χ0) is 14.6. The molecular weight excluding hydrogens is 246 g/mol. The molecule has 0 fully saturated rings. The summed E-state index contributed by atoms with van der Waals surface area (Å²) in [6.45, 7) is 5.39. The van der Waals surface area contributed by atoms with Gasteiger partial charge in [0.25, 0.3) is 0 Å². The Morgan fingerprint density at radius 1 is 1.05 bits per heavy atom. The molecule has 0 amide bonds. The topological polar surface area (TPSA) is 64.6 Å². The normalized spacial score (nSPS) is 16.7. The molecule has 0 saturated carbocycles. The van der Waals surface area contributed by atoms with Gasteiger partial charge >= 0.3 is 11.9 Å². The van der Waals surface area contributed by atoms with Crippen LogP contribution in [0.4, 0.5) is 0 Å². The minimum Gasteiger partial charge on any atom is -0.466 e. The molecule has 0 aromatic heterocycles. The summed E-state index contributed by atoms with van der Waals surface area (Å²) in [7, 11) is 2.64. The quantitative estimate of drug-likeness (QED) is 0.621. The number of allylic oxidation sites excluding steroid dienone is 4. The molecule has 0 aliphatic carbocycles. The van der Waals surface area contributed by atoms with Crippen LogP contribution < -0.4 is 5.32 Å². The third-order valence-electron chi connectivity index (χ3n) is 3.00. The minimum atomic E-state index is -0.456. The molecule has 0 atom stereocenters. The number of hydrogen-bond acceptors (Lipinski definition) is 5. The van der Waals surface area contributed by atoms with Crippen molar-refractivity contribution in [3.05, 3.63) is 34.7 Å². The van der Waals surface area contributed by atoms with Gasteiger partial charge in [0.2, 0.25) is 0 Å². The summed E-state index contributed by atoms with van der Waals surface area (Å²) >= 11 is 0. The number of ether oxygens (including phenoxy) is 2. The van der Waals surface area contributed by atoms with Crippen LogP contribution in [0.25, 0.3) is 0 Å². The van der Waals surface area contributed by atoms with Crippen molar-refractivity contribution < 1.29 is 19.1 Å². The van der Waals surface area contributed by atoms with E-state index >= 15 is 0 Å². The summed E-state index contributed by atoms with van der Waals surface area (Å²) < 4.78 is 9.58. The van der Waals surface area contributed by atoms with Crippen molar-refractivity contribution in [1.82, 2.24) is 5.32 Å². The number of esters is 2. The van der Waals surface area contributed by atoms with Crippen LogP contribution in [0.2, 0.25) is 0 Å². The number of hydrogen-bond donors (Lipinski definition) is 1. The number of rotatable bonds is 3. The summed E-state index contributed by atoms with van der Waals surface area (Å²) in [5, 5.41) is 3.02. The lowest BCUT2D eigenvalue weighted by Gasteiger charge is -2.27. The Balaban J connectivity index is 3.37. The average Bonchev–Trinajstić information content (AvgIpc) is 2.37. The first-order chi connectivity index (χ1) is 8.97. The second-order valence-corrected chi connectivity index (χ2v) is 4.19. The highest BCUT2D eigenvalue weighted by Crippen LogP contribution is 2.32. The Hall–Kier alpha value is -2.04. The fraction of sp³-hybridized carbons (Fsp3) is 0.429. The Kier molecular flexibility index (Phi) is 4.92. The van der Waals surface area contributed by atoms with E-state index in [0.717, 1.165) is 0 Å². The third-order valence-corrected chi connectivity index (χ3v) is 3.00. The number of carbonyl (C=O) groups is 2. The van der Waals surface area contributed by atoms with Gasteiger partial charge in [-0.25, -0.2) is 9.59 Å². The summed E-state index contributed by atoms with van der Waals surface area (Å²) in [6.07, 6.45) is 3.58. The number of nitrogens with one attached hydrogen (secondary N) is 1. The van der Waals surface area contributed by atoms with Gasteiger partial charge in [0, 0.05) is 17.3 Å². The van der Waals surface area contributed by atoms with Crippen molar-refractivity contribution in [2.24, 2.45) is 5.92 Å². The van der Waals surface area contributed by atoms with Crippen molar-refractivity contribution >= 4 is 11.9 Å². The number of dihydropyridines is 1. The van der Waals surface area contributed by atoms with Crippen LogP contribution in [-0.2, 0) is 19.1 Å². The van der Waals surface area contributed by atoms with Crippen molar-refractivity contribution in [1.29, 1.82) is 0 Å². The van der Waals surface area contributed by atoms with Gasteiger partial charge in [-0.2, -0.15) is 0 Å². The molecule has 5 heteroatoms. The van der Waals surface area contributed by atoms with Gasteiger partial charge in [0.1, 0.15) is 0 Å². The molecule has 1 aliphatic heterocycles. The van der Waals surface area contributed by atoms with Crippen LogP contribution in [0.1, 0.15) is 20.8 Å². The predicted octanol–water partition coefficient (Wildman–Crippen LogP) is 1.68. The molecule has 1 rings (SSSR count). The first-order valence-corrected chi connectivity index (χ1v) is 5.95. The number of carbonyl (C=O) groups excluding carboxylic acids is 2. The Labute approximate surface area is 113 Å². The second kappa shape index (κ2) is 6.22. The molecule has 0 unspecified atom stereocenters. The van der Waals surface area contributed by atoms with E-state index in [9.17, 15) is 9.59 Å². The van der Waals surface area contributed by atoms with Gasteiger partial charge in [0.15, 0.2) is 0 Å². The maximum absolute atomic E-state index is 11.9. The maximum Gasteiger partial charge on any atom is 0.336 e. The minimum absolute atomic E-state index is 0.423. The molecule has 0 spiro atoms. The first kappa shape index (κ1) is 15.0. The Morgan fingerprint density at radius 3 is 1.79 bits per heavy atom. The zero-order valence-corrected chi connectivity index (χ0v) is 11.9. The summed E-state index contributed by atoms with van der Waals surface area (Å²) in [5.74, 6) is -1.37. The van der Waals surface area contributed by atoms with Gasteiger partial charge in [-0.05, 0) is 20.8 Å². The average molecular weight is 265 g/mol. The van der Waals surface area contributed by atoms with E-state index in [1.54, 1.807) is 26.0 Å². The molecule has 5 nitrogen and oxygen atoms in total. The van der Waals surface area contributed by atoms with Crippen LogP contribution in [0, 0.1) is 5.92 Å². The van der Waals surface area contributed by atoms with E-state index in [4.69, 9.17) is 9.47 Å². The van der Waals surface area contributed by atoms with Crippen molar-refractivity contribution in [2.45, 2.75) is 20.8 Å².